The van der Waals surface area contributed by atoms with Crippen molar-refractivity contribution < 1.29 is 14.7 Å². The highest BCUT2D eigenvalue weighted by atomic mass is 32.1. The van der Waals surface area contributed by atoms with Gasteiger partial charge in [-0.15, -0.1) is 11.3 Å². The number of amides is 1. The Hall–Kier alpha value is -2.21. The van der Waals surface area contributed by atoms with Gasteiger partial charge in [0, 0.05) is 34.8 Å². The second-order valence-electron chi connectivity index (χ2n) is 5.77. The highest BCUT2D eigenvalue weighted by molar-refractivity contribution is 7.13. The van der Waals surface area contributed by atoms with Gasteiger partial charge in [0.05, 0.1) is 6.42 Å². The van der Waals surface area contributed by atoms with Gasteiger partial charge < -0.3 is 10.0 Å². The summed E-state index contributed by atoms with van der Waals surface area (Å²) < 4.78 is 0. The minimum absolute atomic E-state index is 0.0110. The van der Waals surface area contributed by atoms with Crippen LogP contribution in [0.1, 0.15) is 35.3 Å². The first kappa shape index (κ1) is 15.7. The molecule has 1 aromatic heterocycles. The summed E-state index contributed by atoms with van der Waals surface area (Å²) in [6, 6.07) is 7.21. The Morgan fingerprint density at radius 3 is 2.96 bits per heavy atom. The zero-order valence-corrected chi connectivity index (χ0v) is 13.7. The first-order valence-corrected chi connectivity index (χ1v) is 8.48. The number of thiazole rings is 1. The maximum Gasteiger partial charge on any atom is 0.305 e. The van der Waals surface area contributed by atoms with Crippen molar-refractivity contribution in [2.75, 3.05) is 6.54 Å². The van der Waals surface area contributed by atoms with Crippen molar-refractivity contribution in [3.8, 4) is 10.6 Å². The molecule has 1 aromatic carbocycles. The summed E-state index contributed by atoms with van der Waals surface area (Å²) in [6.07, 6.45) is 1.62. The third-order valence-corrected chi connectivity index (χ3v) is 5.03. The molecule has 1 saturated heterocycles. The first-order chi connectivity index (χ1) is 11.0. The van der Waals surface area contributed by atoms with Gasteiger partial charge in [-0.25, -0.2) is 4.98 Å². The fraction of sp³-hybridized carbons (Fsp3) is 0.353. The van der Waals surface area contributed by atoms with Gasteiger partial charge in [0.25, 0.3) is 5.91 Å². The molecule has 3 rings (SSSR count). The number of rotatable bonds is 4. The molecule has 5 nitrogen and oxygen atoms in total. The summed E-state index contributed by atoms with van der Waals surface area (Å²) in [4.78, 5) is 29.8. The van der Waals surface area contributed by atoms with Crippen LogP contribution in [0.15, 0.2) is 29.6 Å². The van der Waals surface area contributed by atoms with E-state index in [0.717, 1.165) is 29.1 Å². The number of carbonyl (C=O) groups is 2. The lowest BCUT2D eigenvalue weighted by molar-refractivity contribution is -0.137. The van der Waals surface area contributed by atoms with Crippen LogP contribution in [0.25, 0.3) is 10.6 Å². The molecule has 2 heterocycles. The van der Waals surface area contributed by atoms with Crippen LogP contribution in [0.5, 0.6) is 0 Å². The highest BCUT2D eigenvalue weighted by Crippen LogP contribution is 2.27. The molecule has 1 N–H and O–H groups in total. The highest BCUT2D eigenvalue weighted by Gasteiger charge is 2.31. The number of hydrogen-bond acceptors (Lipinski definition) is 4. The Labute approximate surface area is 138 Å². The van der Waals surface area contributed by atoms with Gasteiger partial charge in [-0.1, -0.05) is 12.1 Å². The number of carboxylic acids is 1. The van der Waals surface area contributed by atoms with E-state index in [2.05, 4.69) is 4.98 Å². The second-order valence-corrected chi connectivity index (χ2v) is 6.63. The number of likely N-dealkylation sites (tertiary alicyclic amines) is 1. The van der Waals surface area contributed by atoms with Crippen LogP contribution in [0.2, 0.25) is 0 Å². The summed E-state index contributed by atoms with van der Waals surface area (Å²) >= 11 is 1.55. The van der Waals surface area contributed by atoms with E-state index in [1.165, 1.54) is 0 Å². The average molecular weight is 330 g/mol. The Morgan fingerprint density at radius 1 is 1.43 bits per heavy atom. The van der Waals surface area contributed by atoms with Gasteiger partial charge in [0.1, 0.15) is 5.01 Å². The SMILES string of the molecule is Cc1csc(-c2cccc(C(=O)N3CCCC3CC(=O)O)c2)n1. The lowest BCUT2D eigenvalue weighted by Crippen LogP contribution is -2.36. The molecule has 2 aromatic rings. The Kier molecular flexibility index (Phi) is 4.43. The van der Waals surface area contributed by atoms with Gasteiger partial charge in [0.15, 0.2) is 0 Å². The Bertz CT molecular complexity index is 741. The molecule has 0 bridgehead atoms. The van der Waals surface area contributed by atoms with E-state index in [1.54, 1.807) is 22.3 Å². The predicted molar refractivity (Wildman–Crippen MR) is 88.6 cm³/mol. The normalized spacial score (nSPS) is 17.4. The van der Waals surface area contributed by atoms with Gasteiger partial charge in [-0.05, 0) is 31.9 Å². The van der Waals surface area contributed by atoms with Crippen LogP contribution in [0.4, 0.5) is 0 Å². The molecule has 23 heavy (non-hydrogen) atoms. The number of hydrogen-bond donors (Lipinski definition) is 1. The molecule has 1 amide bonds. The number of nitrogens with zero attached hydrogens (tertiary/aromatic N) is 2. The van der Waals surface area contributed by atoms with E-state index in [-0.39, 0.29) is 18.4 Å². The molecule has 0 radical (unpaired) electrons. The zero-order chi connectivity index (χ0) is 16.4. The van der Waals surface area contributed by atoms with Gasteiger partial charge >= 0.3 is 5.97 Å². The molecule has 1 unspecified atom stereocenters. The van der Waals surface area contributed by atoms with Crippen molar-refractivity contribution in [2.45, 2.75) is 32.2 Å². The standard InChI is InChI=1S/C17H18N2O3S/c1-11-10-23-16(18-11)12-4-2-5-13(8-12)17(22)19-7-3-6-14(19)9-15(20)21/h2,4-5,8,10,14H,3,6-7,9H2,1H3,(H,20,21). The molecule has 0 spiro atoms. The fourth-order valence-corrected chi connectivity index (χ4v) is 3.75. The van der Waals surface area contributed by atoms with Crippen LogP contribution in [0, 0.1) is 6.92 Å². The monoisotopic (exact) mass is 330 g/mol. The van der Waals surface area contributed by atoms with E-state index in [9.17, 15) is 9.59 Å². The van der Waals surface area contributed by atoms with Crippen LogP contribution in [0.3, 0.4) is 0 Å². The Morgan fingerprint density at radius 2 is 2.26 bits per heavy atom. The van der Waals surface area contributed by atoms with Crippen LogP contribution >= 0.6 is 11.3 Å². The summed E-state index contributed by atoms with van der Waals surface area (Å²) in [7, 11) is 0. The molecule has 120 valence electrons. The van der Waals surface area contributed by atoms with Crippen LogP contribution < -0.4 is 0 Å². The van der Waals surface area contributed by atoms with E-state index in [4.69, 9.17) is 5.11 Å². The number of benzene rings is 1. The van der Waals surface area contributed by atoms with Gasteiger partial charge in [0.2, 0.25) is 0 Å². The zero-order valence-electron chi connectivity index (χ0n) is 12.9. The summed E-state index contributed by atoms with van der Waals surface area (Å²) in [5.41, 5.74) is 2.47. The quantitative estimate of drug-likeness (QED) is 0.934. The lowest BCUT2D eigenvalue weighted by atomic mass is 10.1. The fourth-order valence-electron chi connectivity index (χ4n) is 2.95. The van der Waals surface area contributed by atoms with E-state index in [1.807, 2.05) is 30.5 Å². The molecule has 1 aliphatic rings. The maximum atomic E-state index is 12.7. The summed E-state index contributed by atoms with van der Waals surface area (Å²) in [5.74, 6) is -0.953. The topological polar surface area (TPSA) is 70.5 Å². The molecular formula is C17H18N2O3S. The van der Waals surface area contributed by atoms with Crippen molar-refractivity contribution in [3.63, 3.8) is 0 Å². The summed E-state index contributed by atoms with van der Waals surface area (Å²) in [6.45, 7) is 2.56. The molecule has 0 saturated carbocycles. The smallest absolute Gasteiger partial charge is 0.305 e. The molecule has 6 heteroatoms. The predicted octanol–water partition coefficient (Wildman–Crippen LogP) is 3.20. The molecule has 1 atom stereocenters. The van der Waals surface area contributed by atoms with Crippen LogP contribution in [-0.4, -0.2) is 39.5 Å². The molecule has 1 fully saturated rings. The van der Waals surface area contributed by atoms with E-state index >= 15 is 0 Å². The number of carboxylic acid groups (broad SMARTS) is 1. The second kappa shape index (κ2) is 6.50. The average Bonchev–Trinajstić information content (AvgIpc) is 3.15. The minimum atomic E-state index is -0.860. The van der Waals surface area contributed by atoms with Crippen molar-refractivity contribution in [3.05, 3.63) is 40.9 Å². The van der Waals surface area contributed by atoms with Crippen molar-refractivity contribution >= 4 is 23.2 Å². The third kappa shape index (κ3) is 3.42. The van der Waals surface area contributed by atoms with E-state index < -0.39 is 5.97 Å². The first-order valence-electron chi connectivity index (χ1n) is 7.60. The maximum absolute atomic E-state index is 12.7. The van der Waals surface area contributed by atoms with Crippen molar-refractivity contribution in [1.82, 2.24) is 9.88 Å². The molecular weight excluding hydrogens is 312 g/mol. The molecule has 1 aliphatic heterocycles. The van der Waals surface area contributed by atoms with Gasteiger partial charge in [-0.2, -0.15) is 0 Å². The number of carbonyl (C=O) groups excluding carboxylic acids is 1. The largest absolute Gasteiger partial charge is 0.481 e. The summed E-state index contributed by atoms with van der Waals surface area (Å²) in [5, 5.41) is 11.9. The Balaban J connectivity index is 1.83. The van der Waals surface area contributed by atoms with Gasteiger partial charge in [-0.3, -0.25) is 9.59 Å². The number of aromatic nitrogens is 1. The van der Waals surface area contributed by atoms with Crippen molar-refractivity contribution in [1.29, 1.82) is 0 Å². The van der Waals surface area contributed by atoms with Crippen LogP contribution in [-0.2, 0) is 4.79 Å². The lowest BCUT2D eigenvalue weighted by Gasteiger charge is -2.23. The molecule has 0 aliphatic carbocycles. The number of aliphatic carboxylic acids is 1. The van der Waals surface area contributed by atoms with Crippen molar-refractivity contribution in [2.24, 2.45) is 0 Å². The van der Waals surface area contributed by atoms with E-state index in [0.29, 0.717) is 12.1 Å². The minimum Gasteiger partial charge on any atom is -0.481 e. The number of aryl methyl sites for hydroxylation is 1. The third-order valence-electron chi connectivity index (χ3n) is 4.02.